The standard InChI is InChI=1S/C6H16ClNSi/c1-4-5-8-9(2,3)6-7/h8H,4-6H2,1-3H3. The van der Waals surface area contributed by atoms with Gasteiger partial charge in [-0.1, -0.05) is 20.0 Å². The summed E-state index contributed by atoms with van der Waals surface area (Å²) in [5.74, 6) is 0. The first-order valence-corrected chi connectivity index (χ1v) is 7.17. The fourth-order valence-electron chi connectivity index (χ4n) is 0.511. The maximum atomic E-state index is 5.73. The molecule has 0 spiro atoms. The predicted octanol–water partition coefficient (Wildman–Crippen LogP) is 1.97. The average molecular weight is 166 g/mol. The lowest BCUT2D eigenvalue weighted by molar-refractivity contribution is 0.840. The molecule has 56 valence electrons. The second kappa shape index (κ2) is 4.31. The fraction of sp³-hybridized carbons (Fsp3) is 1.00. The van der Waals surface area contributed by atoms with E-state index >= 15 is 0 Å². The van der Waals surface area contributed by atoms with Crippen molar-refractivity contribution >= 4 is 19.8 Å². The van der Waals surface area contributed by atoms with E-state index in [1.807, 2.05) is 0 Å². The van der Waals surface area contributed by atoms with Crippen LogP contribution in [0.25, 0.3) is 0 Å². The van der Waals surface area contributed by atoms with Crippen molar-refractivity contribution in [1.29, 1.82) is 0 Å². The van der Waals surface area contributed by atoms with Crippen LogP contribution in [0.3, 0.4) is 0 Å². The first-order chi connectivity index (χ1) is 4.12. The fourth-order valence-corrected chi connectivity index (χ4v) is 1.82. The number of hydrogen-bond acceptors (Lipinski definition) is 1. The third-order valence-corrected chi connectivity index (χ3v) is 5.07. The lowest BCUT2D eigenvalue weighted by Gasteiger charge is -2.19. The van der Waals surface area contributed by atoms with E-state index in [4.69, 9.17) is 11.6 Å². The van der Waals surface area contributed by atoms with Crippen LogP contribution in [0.2, 0.25) is 13.1 Å². The monoisotopic (exact) mass is 165 g/mol. The van der Waals surface area contributed by atoms with Crippen LogP contribution in [-0.4, -0.2) is 20.3 Å². The number of hydrogen-bond donors (Lipinski definition) is 1. The van der Waals surface area contributed by atoms with Crippen molar-refractivity contribution in [1.82, 2.24) is 4.98 Å². The molecule has 0 aliphatic heterocycles. The van der Waals surface area contributed by atoms with E-state index in [9.17, 15) is 0 Å². The minimum absolute atomic E-state index is 0.813. The van der Waals surface area contributed by atoms with Crippen molar-refractivity contribution in [2.45, 2.75) is 26.4 Å². The number of halogens is 1. The molecule has 0 aromatic heterocycles. The summed E-state index contributed by atoms with van der Waals surface area (Å²) in [6.45, 7) is 7.78. The molecule has 0 saturated carbocycles. The van der Waals surface area contributed by atoms with Crippen LogP contribution in [0, 0.1) is 0 Å². The van der Waals surface area contributed by atoms with E-state index < -0.39 is 8.24 Å². The third kappa shape index (κ3) is 4.94. The van der Waals surface area contributed by atoms with Gasteiger partial charge in [-0.2, -0.15) is 0 Å². The molecule has 1 nitrogen and oxygen atoms in total. The molecule has 3 heteroatoms. The van der Waals surface area contributed by atoms with Crippen molar-refractivity contribution < 1.29 is 0 Å². The van der Waals surface area contributed by atoms with Gasteiger partial charge in [-0.05, 0) is 13.0 Å². The zero-order valence-electron chi connectivity index (χ0n) is 6.50. The van der Waals surface area contributed by atoms with Crippen LogP contribution in [0.4, 0.5) is 0 Å². The van der Waals surface area contributed by atoms with Gasteiger partial charge in [0.05, 0.1) is 0 Å². The molecule has 0 radical (unpaired) electrons. The van der Waals surface area contributed by atoms with Gasteiger partial charge in [0.2, 0.25) is 0 Å². The summed E-state index contributed by atoms with van der Waals surface area (Å²) in [5.41, 5.74) is 0.813. The number of nitrogens with one attached hydrogen (secondary N) is 1. The van der Waals surface area contributed by atoms with Crippen LogP contribution < -0.4 is 4.98 Å². The summed E-state index contributed by atoms with van der Waals surface area (Å²) in [4.78, 5) is 3.47. The molecule has 0 aliphatic carbocycles. The van der Waals surface area contributed by atoms with Gasteiger partial charge in [0, 0.05) is 5.50 Å². The smallest absolute Gasteiger partial charge is 0.134 e. The highest BCUT2D eigenvalue weighted by atomic mass is 35.5. The summed E-state index contributed by atoms with van der Waals surface area (Å²) >= 11 is 5.73. The molecule has 0 rings (SSSR count). The molecule has 0 atom stereocenters. The summed E-state index contributed by atoms with van der Waals surface area (Å²) in [6.07, 6.45) is 1.20. The third-order valence-electron chi connectivity index (χ3n) is 1.19. The van der Waals surface area contributed by atoms with Crippen LogP contribution in [0.5, 0.6) is 0 Å². The van der Waals surface area contributed by atoms with Gasteiger partial charge in [-0.15, -0.1) is 11.6 Å². The van der Waals surface area contributed by atoms with Crippen LogP contribution in [-0.2, 0) is 0 Å². The molecule has 0 bridgehead atoms. The largest absolute Gasteiger partial charge is 0.337 e. The van der Waals surface area contributed by atoms with Gasteiger partial charge in [-0.3, -0.25) is 0 Å². The topological polar surface area (TPSA) is 12.0 Å². The Hall–Kier alpha value is 0.467. The summed E-state index contributed by atoms with van der Waals surface area (Å²) in [6, 6.07) is 0. The Labute approximate surface area is 63.9 Å². The molecular formula is C6H16ClNSi. The second-order valence-corrected chi connectivity index (χ2v) is 8.13. The molecule has 0 heterocycles. The molecule has 0 aromatic carbocycles. The van der Waals surface area contributed by atoms with Gasteiger partial charge in [0.1, 0.15) is 8.24 Å². The maximum absolute atomic E-state index is 5.73. The van der Waals surface area contributed by atoms with Gasteiger partial charge in [-0.25, -0.2) is 0 Å². The first kappa shape index (κ1) is 9.47. The van der Waals surface area contributed by atoms with Crippen LogP contribution in [0.1, 0.15) is 13.3 Å². The van der Waals surface area contributed by atoms with E-state index in [1.54, 1.807) is 0 Å². The van der Waals surface area contributed by atoms with E-state index in [0.717, 1.165) is 12.0 Å². The Morgan fingerprint density at radius 1 is 1.44 bits per heavy atom. The molecule has 0 amide bonds. The molecule has 0 aromatic rings. The predicted molar refractivity (Wildman–Crippen MR) is 46.5 cm³/mol. The lowest BCUT2D eigenvalue weighted by atomic mass is 10.5. The van der Waals surface area contributed by atoms with Crippen molar-refractivity contribution in [3.63, 3.8) is 0 Å². The van der Waals surface area contributed by atoms with Crippen LogP contribution >= 0.6 is 11.6 Å². The first-order valence-electron chi connectivity index (χ1n) is 3.43. The Morgan fingerprint density at radius 2 is 2.00 bits per heavy atom. The lowest BCUT2D eigenvalue weighted by Crippen LogP contribution is -2.47. The van der Waals surface area contributed by atoms with Gasteiger partial charge in [0.15, 0.2) is 0 Å². The normalized spacial score (nSPS) is 12.0. The molecular weight excluding hydrogens is 150 g/mol. The summed E-state index contributed by atoms with van der Waals surface area (Å²) in [5, 5.41) is 0. The van der Waals surface area contributed by atoms with Crippen molar-refractivity contribution in [2.75, 3.05) is 12.0 Å². The Bertz CT molecular complexity index is 75.5. The quantitative estimate of drug-likeness (QED) is 0.496. The van der Waals surface area contributed by atoms with Crippen molar-refractivity contribution in [3.8, 4) is 0 Å². The summed E-state index contributed by atoms with van der Waals surface area (Å²) in [7, 11) is -1.18. The second-order valence-electron chi connectivity index (χ2n) is 2.94. The van der Waals surface area contributed by atoms with Gasteiger partial charge in [0.25, 0.3) is 0 Å². The Morgan fingerprint density at radius 3 is 2.33 bits per heavy atom. The van der Waals surface area contributed by atoms with Crippen molar-refractivity contribution in [2.24, 2.45) is 0 Å². The molecule has 0 unspecified atom stereocenters. The molecule has 0 aliphatic rings. The number of alkyl halides is 1. The Balaban J connectivity index is 3.33. The minimum atomic E-state index is -1.18. The Kier molecular flexibility index (Phi) is 4.53. The highest BCUT2D eigenvalue weighted by Gasteiger charge is 2.16. The minimum Gasteiger partial charge on any atom is -0.337 e. The number of rotatable bonds is 4. The zero-order chi connectivity index (χ0) is 7.33. The van der Waals surface area contributed by atoms with Crippen LogP contribution in [0.15, 0.2) is 0 Å². The van der Waals surface area contributed by atoms with E-state index in [0.29, 0.717) is 0 Å². The van der Waals surface area contributed by atoms with Gasteiger partial charge < -0.3 is 4.98 Å². The zero-order valence-corrected chi connectivity index (χ0v) is 8.26. The average Bonchev–Trinajstić information content (AvgIpc) is 1.84. The van der Waals surface area contributed by atoms with E-state index in [-0.39, 0.29) is 0 Å². The highest BCUT2D eigenvalue weighted by molar-refractivity contribution is 6.80. The molecule has 0 fully saturated rings. The van der Waals surface area contributed by atoms with Crippen molar-refractivity contribution in [3.05, 3.63) is 0 Å². The van der Waals surface area contributed by atoms with Gasteiger partial charge >= 0.3 is 0 Å². The molecule has 9 heavy (non-hydrogen) atoms. The van der Waals surface area contributed by atoms with E-state index in [2.05, 4.69) is 25.0 Å². The summed E-state index contributed by atoms with van der Waals surface area (Å²) < 4.78 is 0. The molecule has 1 N–H and O–H groups in total. The van der Waals surface area contributed by atoms with E-state index in [1.165, 1.54) is 6.42 Å². The highest BCUT2D eigenvalue weighted by Crippen LogP contribution is 1.98. The maximum Gasteiger partial charge on any atom is 0.134 e. The SMILES string of the molecule is CCCN[Si](C)(C)CCl. The molecule has 0 saturated heterocycles.